The minimum Gasteiger partial charge on any atom is -0.481 e. The molecular formula is C13H21N3O4. The molecule has 2 rings (SSSR count). The summed E-state index contributed by atoms with van der Waals surface area (Å²) in [5, 5.41) is 11.6. The zero-order chi connectivity index (χ0) is 14.7. The van der Waals surface area contributed by atoms with E-state index in [4.69, 9.17) is 5.11 Å². The van der Waals surface area contributed by atoms with Crippen LogP contribution >= 0.6 is 0 Å². The molecule has 1 saturated heterocycles. The number of nitrogens with zero attached hydrogens (tertiary/aromatic N) is 2. The first-order chi connectivity index (χ1) is 9.45. The predicted molar refractivity (Wildman–Crippen MR) is 71.1 cm³/mol. The Bertz CT molecular complexity index is 408. The van der Waals surface area contributed by atoms with E-state index in [0.29, 0.717) is 19.5 Å². The average Bonchev–Trinajstić information content (AvgIpc) is 3.04. The van der Waals surface area contributed by atoms with Gasteiger partial charge in [0.25, 0.3) is 0 Å². The fourth-order valence-electron chi connectivity index (χ4n) is 2.45. The number of hydrogen-bond acceptors (Lipinski definition) is 3. The van der Waals surface area contributed by atoms with Gasteiger partial charge in [-0.15, -0.1) is 0 Å². The Kier molecular flexibility index (Phi) is 4.46. The van der Waals surface area contributed by atoms with E-state index in [1.54, 1.807) is 11.9 Å². The highest BCUT2D eigenvalue weighted by Crippen LogP contribution is 2.21. The fourth-order valence-corrected chi connectivity index (χ4v) is 2.45. The first-order valence-electron chi connectivity index (χ1n) is 6.97. The number of hydrogen-bond donors (Lipinski definition) is 2. The predicted octanol–water partition coefficient (Wildman–Crippen LogP) is 0.113. The van der Waals surface area contributed by atoms with Crippen LogP contribution in [0.15, 0.2) is 0 Å². The minimum atomic E-state index is -0.832. The van der Waals surface area contributed by atoms with Gasteiger partial charge in [-0.25, -0.2) is 4.79 Å². The summed E-state index contributed by atoms with van der Waals surface area (Å²) in [6, 6.07) is 0.0848. The van der Waals surface area contributed by atoms with Crippen molar-refractivity contribution in [3.05, 3.63) is 0 Å². The molecule has 1 heterocycles. The fraction of sp³-hybridized carbons (Fsp3) is 0.769. The quantitative estimate of drug-likeness (QED) is 0.749. The SMILES string of the molecule is CN(CC(=O)NC1CC1)C(=O)N1CCC(CC(=O)O)C1. The van der Waals surface area contributed by atoms with Gasteiger partial charge in [0.05, 0.1) is 0 Å². The van der Waals surface area contributed by atoms with E-state index < -0.39 is 5.97 Å². The molecule has 7 heteroatoms. The summed E-state index contributed by atoms with van der Waals surface area (Å²) in [5.74, 6) is -0.948. The second kappa shape index (κ2) is 6.11. The molecule has 1 unspecified atom stereocenters. The van der Waals surface area contributed by atoms with Gasteiger partial charge in [-0.05, 0) is 25.2 Å². The monoisotopic (exact) mass is 283 g/mol. The van der Waals surface area contributed by atoms with Crippen molar-refractivity contribution in [1.82, 2.24) is 15.1 Å². The molecule has 0 aromatic heterocycles. The van der Waals surface area contributed by atoms with Gasteiger partial charge in [0, 0.05) is 32.6 Å². The number of likely N-dealkylation sites (N-methyl/N-ethyl adjacent to an activating group) is 1. The first kappa shape index (κ1) is 14.6. The number of nitrogens with one attached hydrogen (secondary N) is 1. The van der Waals surface area contributed by atoms with Gasteiger partial charge < -0.3 is 20.2 Å². The van der Waals surface area contributed by atoms with Gasteiger partial charge in [0.15, 0.2) is 0 Å². The third-order valence-corrected chi connectivity index (χ3v) is 3.67. The molecule has 0 aromatic rings. The Morgan fingerprint density at radius 1 is 1.30 bits per heavy atom. The lowest BCUT2D eigenvalue weighted by atomic mass is 10.1. The number of carboxylic acids is 1. The van der Waals surface area contributed by atoms with Crippen LogP contribution in [0.2, 0.25) is 0 Å². The zero-order valence-electron chi connectivity index (χ0n) is 11.7. The van der Waals surface area contributed by atoms with E-state index in [9.17, 15) is 14.4 Å². The number of carbonyl (C=O) groups excluding carboxylic acids is 2. The van der Waals surface area contributed by atoms with Crippen LogP contribution in [-0.4, -0.2) is 65.5 Å². The molecule has 2 fully saturated rings. The maximum absolute atomic E-state index is 12.1. The summed E-state index contributed by atoms with van der Waals surface area (Å²) < 4.78 is 0. The van der Waals surface area contributed by atoms with Crippen molar-refractivity contribution >= 4 is 17.9 Å². The smallest absolute Gasteiger partial charge is 0.320 e. The van der Waals surface area contributed by atoms with E-state index >= 15 is 0 Å². The number of urea groups is 1. The first-order valence-corrected chi connectivity index (χ1v) is 6.97. The van der Waals surface area contributed by atoms with Gasteiger partial charge in [-0.3, -0.25) is 9.59 Å². The van der Waals surface area contributed by atoms with E-state index in [1.165, 1.54) is 4.90 Å². The van der Waals surface area contributed by atoms with E-state index in [2.05, 4.69) is 5.32 Å². The Morgan fingerprint density at radius 3 is 2.60 bits per heavy atom. The van der Waals surface area contributed by atoms with Crippen molar-refractivity contribution in [2.24, 2.45) is 5.92 Å². The number of rotatable bonds is 5. The Morgan fingerprint density at radius 2 is 2.00 bits per heavy atom. The molecule has 7 nitrogen and oxygen atoms in total. The van der Waals surface area contributed by atoms with Gasteiger partial charge in [0.1, 0.15) is 6.54 Å². The molecule has 0 bridgehead atoms. The highest BCUT2D eigenvalue weighted by molar-refractivity contribution is 5.84. The Labute approximate surface area is 117 Å². The number of carboxylic acid groups (broad SMARTS) is 1. The maximum Gasteiger partial charge on any atom is 0.320 e. The molecule has 1 aliphatic heterocycles. The van der Waals surface area contributed by atoms with E-state index in [-0.39, 0.29) is 36.9 Å². The van der Waals surface area contributed by atoms with Gasteiger partial charge in [-0.2, -0.15) is 0 Å². The molecule has 112 valence electrons. The highest BCUT2D eigenvalue weighted by Gasteiger charge is 2.30. The number of carbonyl (C=O) groups is 3. The van der Waals surface area contributed by atoms with Gasteiger partial charge in [0.2, 0.25) is 5.91 Å². The Hall–Kier alpha value is -1.79. The van der Waals surface area contributed by atoms with Crippen LogP contribution in [0, 0.1) is 5.92 Å². The largest absolute Gasteiger partial charge is 0.481 e. The molecule has 1 aliphatic carbocycles. The number of amides is 3. The third kappa shape index (κ3) is 4.11. The second-order valence-corrected chi connectivity index (χ2v) is 5.68. The lowest BCUT2D eigenvalue weighted by Gasteiger charge is -2.24. The van der Waals surface area contributed by atoms with Crippen molar-refractivity contribution < 1.29 is 19.5 Å². The normalized spacial score (nSPS) is 21.6. The molecule has 0 radical (unpaired) electrons. The van der Waals surface area contributed by atoms with Crippen molar-refractivity contribution in [3.63, 3.8) is 0 Å². The summed E-state index contributed by atoms with van der Waals surface area (Å²) in [4.78, 5) is 37.4. The van der Waals surface area contributed by atoms with E-state index in [0.717, 1.165) is 12.8 Å². The van der Waals surface area contributed by atoms with Crippen LogP contribution < -0.4 is 5.32 Å². The second-order valence-electron chi connectivity index (χ2n) is 5.68. The molecule has 20 heavy (non-hydrogen) atoms. The summed E-state index contributed by atoms with van der Waals surface area (Å²) in [5.41, 5.74) is 0. The summed E-state index contributed by atoms with van der Waals surface area (Å²) in [6.45, 7) is 1.07. The number of likely N-dealkylation sites (tertiary alicyclic amines) is 1. The lowest BCUT2D eigenvalue weighted by molar-refractivity contribution is -0.138. The topological polar surface area (TPSA) is 90.0 Å². The molecular weight excluding hydrogens is 262 g/mol. The lowest BCUT2D eigenvalue weighted by Crippen LogP contribution is -2.45. The van der Waals surface area contributed by atoms with Gasteiger partial charge in [-0.1, -0.05) is 0 Å². The molecule has 1 atom stereocenters. The maximum atomic E-state index is 12.1. The molecule has 1 saturated carbocycles. The van der Waals surface area contributed by atoms with Crippen LogP contribution in [0.25, 0.3) is 0 Å². The van der Waals surface area contributed by atoms with Crippen LogP contribution in [0.4, 0.5) is 4.79 Å². The standard InChI is InChI=1S/C13H21N3O4/c1-15(8-11(17)14-10-2-3-10)13(20)16-5-4-9(7-16)6-12(18)19/h9-10H,2-8H2,1H3,(H,14,17)(H,18,19). The minimum absolute atomic E-state index is 0.0186. The van der Waals surface area contributed by atoms with Crippen LogP contribution in [-0.2, 0) is 9.59 Å². The Balaban J connectivity index is 1.75. The summed E-state index contributed by atoms with van der Waals surface area (Å²) in [7, 11) is 1.60. The summed E-state index contributed by atoms with van der Waals surface area (Å²) >= 11 is 0. The van der Waals surface area contributed by atoms with Crippen molar-refractivity contribution in [1.29, 1.82) is 0 Å². The third-order valence-electron chi connectivity index (χ3n) is 3.67. The van der Waals surface area contributed by atoms with E-state index in [1.807, 2.05) is 0 Å². The van der Waals surface area contributed by atoms with Crippen LogP contribution in [0.3, 0.4) is 0 Å². The molecule has 0 aromatic carbocycles. The highest BCUT2D eigenvalue weighted by atomic mass is 16.4. The zero-order valence-corrected chi connectivity index (χ0v) is 11.7. The average molecular weight is 283 g/mol. The molecule has 3 amide bonds. The van der Waals surface area contributed by atoms with Gasteiger partial charge >= 0.3 is 12.0 Å². The molecule has 2 N–H and O–H groups in total. The van der Waals surface area contributed by atoms with Crippen LogP contribution in [0.5, 0.6) is 0 Å². The molecule has 0 spiro atoms. The van der Waals surface area contributed by atoms with Crippen molar-refractivity contribution in [2.45, 2.75) is 31.7 Å². The van der Waals surface area contributed by atoms with Crippen molar-refractivity contribution in [2.75, 3.05) is 26.7 Å². The summed E-state index contributed by atoms with van der Waals surface area (Å²) in [6.07, 6.45) is 2.84. The molecule has 2 aliphatic rings. The van der Waals surface area contributed by atoms with Crippen molar-refractivity contribution in [3.8, 4) is 0 Å². The van der Waals surface area contributed by atoms with Crippen LogP contribution in [0.1, 0.15) is 25.7 Å². The number of aliphatic carboxylic acids is 1.